The van der Waals surface area contributed by atoms with Crippen LogP contribution in [0.25, 0.3) is 0 Å². The highest BCUT2D eigenvalue weighted by Gasteiger charge is 2.24. The number of carbonyl (C=O) groups is 2. The molecule has 1 aromatic rings. The zero-order valence-corrected chi connectivity index (χ0v) is 11.5. The molecule has 0 aliphatic carbocycles. The third-order valence-electron chi connectivity index (χ3n) is 3.22. The molecule has 0 bridgehead atoms. The Bertz CT molecular complexity index is 480. The number of hydrogen-bond donors (Lipinski definition) is 2. The van der Waals surface area contributed by atoms with Crippen LogP contribution in [0.5, 0.6) is 5.88 Å². The third-order valence-corrected chi connectivity index (χ3v) is 3.22. The molecule has 20 heavy (non-hydrogen) atoms. The number of piperidine rings is 1. The van der Waals surface area contributed by atoms with Gasteiger partial charge in [-0.25, -0.2) is 4.98 Å². The smallest absolute Gasteiger partial charge is 0.225 e. The summed E-state index contributed by atoms with van der Waals surface area (Å²) < 4.78 is 5.41. The summed E-state index contributed by atoms with van der Waals surface area (Å²) in [6.07, 6.45) is 2.67. The molecule has 0 radical (unpaired) electrons. The summed E-state index contributed by atoms with van der Waals surface area (Å²) in [5.41, 5.74) is 0.850. The van der Waals surface area contributed by atoms with Crippen molar-refractivity contribution >= 4 is 11.8 Å². The van der Waals surface area contributed by atoms with E-state index < -0.39 is 0 Å². The first-order chi connectivity index (χ1) is 9.70. The average Bonchev–Trinajstić information content (AvgIpc) is 2.47. The van der Waals surface area contributed by atoms with Crippen LogP contribution < -0.4 is 15.4 Å². The van der Waals surface area contributed by atoms with Gasteiger partial charge in [-0.15, -0.1) is 0 Å². The van der Waals surface area contributed by atoms with Crippen LogP contribution in [-0.4, -0.2) is 29.9 Å². The van der Waals surface area contributed by atoms with E-state index in [4.69, 9.17) is 4.74 Å². The van der Waals surface area contributed by atoms with Crippen molar-refractivity contribution in [1.82, 2.24) is 15.6 Å². The first-order valence-corrected chi connectivity index (χ1v) is 6.81. The summed E-state index contributed by atoms with van der Waals surface area (Å²) in [6, 6.07) is 3.69. The Morgan fingerprint density at radius 3 is 3.15 bits per heavy atom. The molecule has 0 spiro atoms. The Morgan fingerprint density at radius 1 is 1.60 bits per heavy atom. The monoisotopic (exact) mass is 277 g/mol. The molecule has 108 valence electrons. The molecule has 1 fully saturated rings. The number of hydrogen-bond acceptors (Lipinski definition) is 4. The van der Waals surface area contributed by atoms with Crippen LogP contribution in [0.3, 0.4) is 0 Å². The van der Waals surface area contributed by atoms with Crippen molar-refractivity contribution in [1.29, 1.82) is 0 Å². The van der Waals surface area contributed by atoms with Crippen molar-refractivity contribution < 1.29 is 14.3 Å². The molecular formula is C14H19N3O3. The van der Waals surface area contributed by atoms with Gasteiger partial charge >= 0.3 is 0 Å². The van der Waals surface area contributed by atoms with E-state index >= 15 is 0 Å². The lowest BCUT2D eigenvalue weighted by Gasteiger charge is -2.21. The fourth-order valence-electron chi connectivity index (χ4n) is 2.11. The predicted octanol–water partition coefficient (Wildman–Crippen LogP) is 0.623. The van der Waals surface area contributed by atoms with E-state index in [0.717, 1.165) is 5.56 Å². The molecule has 0 saturated carbocycles. The van der Waals surface area contributed by atoms with E-state index in [-0.39, 0.29) is 17.7 Å². The van der Waals surface area contributed by atoms with Crippen molar-refractivity contribution in [3.63, 3.8) is 0 Å². The molecule has 1 aliphatic rings. The first kappa shape index (κ1) is 14.3. The van der Waals surface area contributed by atoms with Crippen molar-refractivity contribution in [3.05, 3.63) is 23.9 Å². The number of nitrogens with zero attached hydrogens (tertiary/aromatic N) is 1. The number of carbonyl (C=O) groups excluding carboxylic acids is 2. The molecule has 0 aromatic carbocycles. The van der Waals surface area contributed by atoms with Gasteiger partial charge < -0.3 is 15.4 Å². The van der Waals surface area contributed by atoms with Gasteiger partial charge in [0.25, 0.3) is 0 Å². The second-order valence-electron chi connectivity index (χ2n) is 4.66. The zero-order valence-electron chi connectivity index (χ0n) is 11.5. The van der Waals surface area contributed by atoms with Gasteiger partial charge in [-0.05, 0) is 19.4 Å². The van der Waals surface area contributed by atoms with E-state index in [2.05, 4.69) is 15.6 Å². The second kappa shape index (κ2) is 6.88. The lowest BCUT2D eigenvalue weighted by atomic mass is 9.98. The number of rotatable bonds is 5. The van der Waals surface area contributed by atoms with E-state index in [1.807, 2.05) is 19.1 Å². The van der Waals surface area contributed by atoms with Crippen molar-refractivity contribution in [3.8, 4) is 5.88 Å². The largest absolute Gasteiger partial charge is 0.478 e. The van der Waals surface area contributed by atoms with Gasteiger partial charge in [-0.1, -0.05) is 6.07 Å². The summed E-state index contributed by atoms with van der Waals surface area (Å²) in [5, 5.41) is 5.58. The molecule has 2 rings (SSSR count). The van der Waals surface area contributed by atoms with E-state index in [1.165, 1.54) is 0 Å². The first-order valence-electron chi connectivity index (χ1n) is 6.81. The molecule has 2 N–H and O–H groups in total. The van der Waals surface area contributed by atoms with Gasteiger partial charge in [0, 0.05) is 31.3 Å². The van der Waals surface area contributed by atoms with Gasteiger partial charge in [0.2, 0.25) is 17.7 Å². The van der Waals surface area contributed by atoms with Crippen LogP contribution in [0.4, 0.5) is 0 Å². The molecule has 1 aliphatic heterocycles. The number of amides is 2. The molecule has 1 aromatic heterocycles. The Hall–Kier alpha value is -2.11. The Morgan fingerprint density at radius 2 is 2.45 bits per heavy atom. The second-order valence-corrected chi connectivity index (χ2v) is 4.66. The third kappa shape index (κ3) is 3.69. The molecule has 2 amide bonds. The van der Waals surface area contributed by atoms with Crippen LogP contribution >= 0.6 is 0 Å². The SMILES string of the molecule is CCOc1ncccc1CNC(=O)[C@@H]1CCC(=O)NC1. The van der Waals surface area contributed by atoms with Crippen LogP contribution in [0.2, 0.25) is 0 Å². The van der Waals surface area contributed by atoms with Crippen molar-refractivity contribution in [2.24, 2.45) is 5.92 Å². The molecule has 2 heterocycles. The van der Waals surface area contributed by atoms with E-state index in [1.54, 1.807) is 6.20 Å². The van der Waals surface area contributed by atoms with Gasteiger partial charge in [-0.2, -0.15) is 0 Å². The summed E-state index contributed by atoms with van der Waals surface area (Å²) in [7, 11) is 0. The van der Waals surface area contributed by atoms with Crippen LogP contribution in [0.1, 0.15) is 25.3 Å². The molecule has 6 heteroatoms. The molecule has 1 atom stereocenters. The highest BCUT2D eigenvalue weighted by molar-refractivity contribution is 5.83. The van der Waals surface area contributed by atoms with Gasteiger partial charge in [0.1, 0.15) is 0 Å². The van der Waals surface area contributed by atoms with Crippen LogP contribution in [0, 0.1) is 5.92 Å². The Labute approximate surface area is 117 Å². The van der Waals surface area contributed by atoms with Gasteiger partial charge in [0.05, 0.1) is 12.5 Å². The van der Waals surface area contributed by atoms with Crippen molar-refractivity contribution in [2.75, 3.05) is 13.2 Å². The van der Waals surface area contributed by atoms with E-state index in [0.29, 0.717) is 38.4 Å². The average molecular weight is 277 g/mol. The number of pyridine rings is 1. The quantitative estimate of drug-likeness (QED) is 0.827. The van der Waals surface area contributed by atoms with Crippen molar-refractivity contribution in [2.45, 2.75) is 26.3 Å². The lowest BCUT2D eigenvalue weighted by molar-refractivity contribution is -0.129. The molecule has 0 unspecified atom stereocenters. The maximum atomic E-state index is 12.0. The standard InChI is InChI=1S/C14H19N3O3/c1-2-20-14-11(4-3-7-15-14)9-17-13(19)10-5-6-12(18)16-8-10/h3-4,7,10H,2,5-6,8-9H2,1H3,(H,16,18)(H,17,19)/t10-/m1/s1. The van der Waals surface area contributed by atoms with Crippen LogP contribution in [0.15, 0.2) is 18.3 Å². The summed E-state index contributed by atoms with van der Waals surface area (Å²) in [6.45, 7) is 3.22. The predicted molar refractivity (Wildman–Crippen MR) is 73.0 cm³/mol. The number of ether oxygens (including phenoxy) is 1. The van der Waals surface area contributed by atoms with Crippen LogP contribution in [-0.2, 0) is 16.1 Å². The molecule has 6 nitrogen and oxygen atoms in total. The summed E-state index contributed by atoms with van der Waals surface area (Å²) in [4.78, 5) is 27.2. The highest BCUT2D eigenvalue weighted by Crippen LogP contribution is 2.15. The molecular weight excluding hydrogens is 258 g/mol. The van der Waals surface area contributed by atoms with E-state index in [9.17, 15) is 9.59 Å². The summed E-state index contributed by atoms with van der Waals surface area (Å²) in [5.74, 6) is 0.364. The fraction of sp³-hybridized carbons (Fsp3) is 0.500. The number of aromatic nitrogens is 1. The zero-order chi connectivity index (χ0) is 14.4. The minimum absolute atomic E-state index is 0.0138. The van der Waals surface area contributed by atoms with Gasteiger partial charge in [-0.3, -0.25) is 9.59 Å². The normalized spacial score (nSPS) is 18.2. The topological polar surface area (TPSA) is 80.3 Å². The Kier molecular flexibility index (Phi) is 4.92. The van der Waals surface area contributed by atoms with Gasteiger partial charge in [0.15, 0.2) is 0 Å². The molecule has 1 saturated heterocycles. The minimum atomic E-state index is -0.153. The highest BCUT2D eigenvalue weighted by atomic mass is 16.5. The lowest BCUT2D eigenvalue weighted by Crippen LogP contribution is -2.42. The number of nitrogens with one attached hydrogen (secondary N) is 2. The maximum Gasteiger partial charge on any atom is 0.225 e. The maximum absolute atomic E-state index is 12.0. The minimum Gasteiger partial charge on any atom is -0.478 e. The Balaban J connectivity index is 1.88. The summed E-state index contributed by atoms with van der Waals surface area (Å²) >= 11 is 0. The fourth-order valence-corrected chi connectivity index (χ4v) is 2.11.